The highest BCUT2D eigenvalue weighted by Gasteiger charge is 2.50. The molecule has 2 fully saturated rings. The number of methoxy groups -OCH3 is 1. The minimum absolute atomic E-state index is 0.0292. The predicted molar refractivity (Wildman–Crippen MR) is 150 cm³/mol. The molecule has 12 heteroatoms. The summed E-state index contributed by atoms with van der Waals surface area (Å²) in [6, 6.07) is 12.8. The Morgan fingerprint density at radius 2 is 1.89 bits per heavy atom. The van der Waals surface area contributed by atoms with Crippen LogP contribution in [0, 0.1) is 0 Å². The molecule has 2 aromatic rings. The molecule has 9 nitrogen and oxygen atoms in total. The fourth-order valence-electron chi connectivity index (χ4n) is 4.37. The second-order valence-corrected chi connectivity index (χ2v) is 13.9. The summed E-state index contributed by atoms with van der Waals surface area (Å²) in [5, 5.41) is 3.09. The number of halogens is 1. The Hall–Kier alpha value is -2.76. The van der Waals surface area contributed by atoms with Gasteiger partial charge in [0.2, 0.25) is 0 Å². The van der Waals surface area contributed by atoms with Gasteiger partial charge in [-0.25, -0.2) is 13.2 Å². The number of anilines is 1. The van der Waals surface area contributed by atoms with E-state index < -0.39 is 39.5 Å². The molecule has 0 radical (unpaired) electrons. The van der Waals surface area contributed by atoms with Crippen molar-refractivity contribution < 1.29 is 27.5 Å². The number of ether oxygens (including phenoxy) is 2. The van der Waals surface area contributed by atoms with Gasteiger partial charge in [-0.3, -0.25) is 4.79 Å². The van der Waals surface area contributed by atoms with E-state index in [2.05, 4.69) is 10.3 Å². The molecular weight excluding hydrogens is 550 g/mol. The first-order valence-corrected chi connectivity index (χ1v) is 15.1. The molecule has 38 heavy (non-hydrogen) atoms. The van der Waals surface area contributed by atoms with E-state index >= 15 is 0 Å². The highest BCUT2D eigenvalue weighted by atomic mass is 35.5. The summed E-state index contributed by atoms with van der Waals surface area (Å²) in [5.74, 6) is -0.237. The molecule has 2 amide bonds. The van der Waals surface area contributed by atoms with Gasteiger partial charge < -0.3 is 19.7 Å². The summed E-state index contributed by atoms with van der Waals surface area (Å²) >= 11 is 7.51. The molecule has 3 atom stereocenters. The first-order valence-electron chi connectivity index (χ1n) is 12.0. The van der Waals surface area contributed by atoms with Crippen molar-refractivity contribution in [3.05, 3.63) is 59.1 Å². The van der Waals surface area contributed by atoms with Crippen molar-refractivity contribution in [3.8, 4) is 5.75 Å². The van der Waals surface area contributed by atoms with Crippen LogP contribution in [0.25, 0.3) is 0 Å². The molecule has 204 valence electrons. The smallest absolute Gasteiger partial charge is 0.408 e. The number of benzene rings is 2. The lowest BCUT2D eigenvalue weighted by atomic mass is 10.1. The van der Waals surface area contributed by atoms with Gasteiger partial charge >= 0.3 is 6.09 Å². The number of carbonyl (C=O) groups excluding carboxylic acids is 2. The van der Waals surface area contributed by atoms with Crippen molar-refractivity contribution in [3.63, 3.8) is 0 Å². The molecule has 0 saturated carbocycles. The summed E-state index contributed by atoms with van der Waals surface area (Å²) in [6.45, 7) is 5.21. The minimum Gasteiger partial charge on any atom is -0.495 e. The average Bonchev–Trinajstić information content (AvgIpc) is 3.28. The molecular formula is C26H30ClN3O6S2. The van der Waals surface area contributed by atoms with Gasteiger partial charge in [-0.15, -0.1) is 0 Å². The van der Waals surface area contributed by atoms with Gasteiger partial charge in [0.1, 0.15) is 17.4 Å². The number of alkyl carbamates (subject to hydrolysis) is 1. The first kappa shape index (κ1) is 28.3. The third kappa shape index (κ3) is 6.81. The summed E-state index contributed by atoms with van der Waals surface area (Å²) < 4.78 is 35.8. The lowest BCUT2D eigenvalue weighted by molar-refractivity contribution is -0.119. The number of carbonyl (C=O) groups is 2. The Labute approximate surface area is 231 Å². The highest BCUT2D eigenvalue weighted by Crippen LogP contribution is 2.44. The van der Waals surface area contributed by atoms with E-state index in [0.717, 1.165) is 5.56 Å². The lowest BCUT2D eigenvalue weighted by Gasteiger charge is -2.27. The van der Waals surface area contributed by atoms with Crippen molar-refractivity contribution in [2.24, 2.45) is 4.99 Å². The van der Waals surface area contributed by atoms with Crippen LogP contribution >= 0.6 is 23.4 Å². The van der Waals surface area contributed by atoms with Crippen molar-refractivity contribution in [2.45, 2.75) is 50.1 Å². The van der Waals surface area contributed by atoms with Crippen LogP contribution in [0.15, 0.2) is 53.5 Å². The van der Waals surface area contributed by atoms with Gasteiger partial charge in [-0.1, -0.05) is 53.7 Å². The van der Waals surface area contributed by atoms with Gasteiger partial charge in [-0.2, -0.15) is 4.99 Å². The summed E-state index contributed by atoms with van der Waals surface area (Å²) in [5.41, 5.74) is 0.599. The molecule has 2 aliphatic heterocycles. The molecule has 4 rings (SSSR count). The van der Waals surface area contributed by atoms with Crippen LogP contribution in [0.5, 0.6) is 5.75 Å². The first-order chi connectivity index (χ1) is 17.8. The number of rotatable bonds is 6. The maximum Gasteiger partial charge on any atom is 0.408 e. The number of thioether (sulfide) groups is 1. The average molecular weight is 580 g/mol. The Morgan fingerprint density at radius 3 is 2.55 bits per heavy atom. The number of hydrogen-bond acceptors (Lipinski definition) is 7. The van der Waals surface area contributed by atoms with Gasteiger partial charge in [0, 0.05) is 16.7 Å². The van der Waals surface area contributed by atoms with Crippen LogP contribution in [-0.2, 0) is 25.8 Å². The quantitative estimate of drug-likeness (QED) is 0.544. The lowest BCUT2D eigenvalue weighted by Crippen LogP contribution is -2.45. The number of hydrogen-bond donors (Lipinski definition) is 1. The summed E-state index contributed by atoms with van der Waals surface area (Å²) in [4.78, 5) is 32.3. The Balaban J connectivity index is 1.70. The van der Waals surface area contributed by atoms with Crippen LogP contribution in [0.2, 0.25) is 5.02 Å². The largest absolute Gasteiger partial charge is 0.495 e. The van der Waals surface area contributed by atoms with E-state index in [9.17, 15) is 18.0 Å². The van der Waals surface area contributed by atoms with Crippen molar-refractivity contribution in [2.75, 3.05) is 23.5 Å². The summed E-state index contributed by atoms with van der Waals surface area (Å²) in [7, 11) is -1.77. The SMILES string of the molecule is COc1ccc(Cl)cc1N1C(=NC(=O)[C@@H](Cc2ccccc2)NC(=O)OC(C)(C)C)S[C@H]2CS(=O)(=O)C[C@@H]21. The van der Waals surface area contributed by atoms with E-state index in [-0.39, 0.29) is 23.2 Å². The standard InChI is InChI=1S/C26H30ClN3O6S2/c1-26(2,3)36-25(32)28-18(12-16-8-6-5-7-9-16)23(31)29-24-30(19-13-17(27)10-11-21(19)35-4)20-14-38(33,34)15-22(20)37-24/h5-11,13,18,20,22H,12,14-15H2,1-4H3,(H,28,32)/t18-,20+,22+/m1/s1. The monoisotopic (exact) mass is 579 g/mol. The van der Waals surface area contributed by atoms with Crippen LogP contribution in [0.4, 0.5) is 10.5 Å². The van der Waals surface area contributed by atoms with Crippen LogP contribution in [0.3, 0.4) is 0 Å². The normalized spacial score (nSPS) is 22.1. The number of amides is 2. The zero-order chi connectivity index (χ0) is 27.7. The molecule has 2 heterocycles. The number of fused-ring (bicyclic) bond motifs is 1. The number of amidine groups is 1. The topological polar surface area (TPSA) is 114 Å². The molecule has 0 unspecified atom stereocenters. The number of nitrogens with zero attached hydrogens (tertiary/aromatic N) is 2. The highest BCUT2D eigenvalue weighted by molar-refractivity contribution is 8.16. The van der Waals surface area contributed by atoms with Crippen LogP contribution < -0.4 is 15.0 Å². The number of nitrogens with one attached hydrogen (secondary N) is 1. The molecule has 2 aliphatic rings. The molecule has 0 aromatic heterocycles. The predicted octanol–water partition coefficient (Wildman–Crippen LogP) is 4.09. The molecule has 0 aliphatic carbocycles. The third-order valence-corrected chi connectivity index (χ3v) is 9.39. The molecule has 0 bridgehead atoms. The van der Waals surface area contributed by atoms with Crippen LogP contribution in [-0.4, -0.2) is 67.1 Å². The van der Waals surface area contributed by atoms with E-state index in [1.165, 1.54) is 18.9 Å². The summed E-state index contributed by atoms with van der Waals surface area (Å²) in [6.07, 6.45) is -0.537. The second kappa shape index (κ2) is 11.2. The number of aliphatic imine (C=N–C) groups is 1. The third-order valence-electron chi connectivity index (χ3n) is 5.94. The molecule has 2 saturated heterocycles. The fraction of sp³-hybridized carbons (Fsp3) is 0.423. The molecule has 1 N–H and O–H groups in total. The van der Waals surface area contributed by atoms with E-state index in [0.29, 0.717) is 21.6 Å². The van der Waals surface area contributed by atoms with Gasteiger partial charge in [0.05, 0.1) is 30.3 Å². The van der Waals surface area contributed by atoms with Gasteiger partial charge in [-0.05, 0) is 44.5 Å². The molecule has 2 aromatic carbocycles. The van der Waals surface area contributed by atoms with E-state index in [4.69, 9.17) is 21.1 Å². The zero-order valence-corrected chi connectivity index (χ0v) is 23.9. The van der Waals surface area contributed by atoms with Crippen molar-refractivity contribution in [1.82, 2.24) is 5.32 Å². The van der Waals surface area contributed by atoms with Crippen LogP contribution in [0.1, 0.15) is 26.3 Å². The Bertz CT molecular complexity index is 1340. The van der Waals surface area contributed by atoms with Gasteiger partial charge in [0.25, 0.3) is 5.91 Å². The van der Waals surface area contributed by atoms with Crippen molar-refractivity contribution >= 4 is 56.1 Å². The second-order valence-electron chi connectivity index (χ2n) is 10.1. The number of sulfone groups is 1. The van der Waals surface area contributed by atoms with E-state index in [1.807, 2.05) is 30.3 Å². The van der Waals surface area contributed by atoms with Gasteiger partial charge in [0.15, 0.2) is 15.0 Å². The minimum atomic E-state index is -3.27. The van der Waals surface area contributed by atoms with Crippen molar-refractivity contribution in [1.29, 1.82) is 0 Å². The zero-order valence-electron chi connectivity index (χ0n) is 21.5. The fourth-order valence-corrected chi connectivity index (χ4v) is 8.45. The molecule has 0 spiro atoms. The Morgan fingerprint density at radius 1 is 1.18 bits per heavy atom. The Kier molecular flexibility index (Phi) is 8.29. The maximum atomic E-state index is 13.6. The maximum absolute atomic E-state index is 13.6. The van der Waals surface area contributed by atoms with E-state index in [1.54, 1.807) is 43.9 Å².